The zero-order valence-corrected chi connectivity index (χ0v) is 44.5. The first-order valence-corrected chi connectivity index (χ1v) is 28.3. The number of benzene rings is 14. The van der Waals surface area contributed by atoms with Crippen LogP contribution in [0.25, 0.3) is 165 Å². The topological polar surface area (TPSA) is 19.7 Å². The minimum Gasteiger partial charge on any atom is -0.309 e. The van der Waals surface area contributed by atoms with Gasteiger partial charge in [0.2, 0.25) is 0 Å². The predicted octanol–water partition coefficient (Wildman–Crippen LogP) is 20.9. The molecule has 18 aromatic rings. The first kappa shape index (κ1) is 45.0. The van der Waals surface area contributed by atoms with Crippen molar-refractivity contribution in [3.8, 4) is 45.0 Å². The van der Waals surface area contributed by atoms with Gasteiger partial charge in [0, 0.05) is 65.8 Å². The fourth-order valence-electron chi connectivity index (χ4n) is 14.1. The Labute approximate surface area is 471 Å². The quantitative estimate of drug-likeness (QED) is 0.148. The fourth-order valence-corrected chi connectivity index (χ4v) is 14.1. The highest BCUT2D eigenvalue weighted by molar-refractivity contribution is 6.27. The van der Waals surface area contributed by atoms with Gasteiger partial charge < -0.3 is 18.3 Å². The molecule has 0 atom stereocenters. The second kappa shape index (κ2) is 17.3. The van der Waals surface area contributed by atoms with Gasteiger partial charge in [-0.2, -0.15) is 0 Å². The molecule has 14 aromatic carbocycles. The van der Waals surface area contributed by atoms with Gasteiger partial charge in [-0.1, -0.05) is 188 Å². The lowest BCUT2D eigenvalue weighted by molar-refractivity contribution is 1.15. The Kier molecular flexibility index (Phi) is 9.48. The molecule has 4 nitrogen and oxygen atoms in total. The molecule has 0 unspecified atom stereocenters. The van der Waals surface area contributed by atoms with Gasteiger partial charge in [-0.15, -0.1) is 0 Å². The normalized spacial score (nSPS) is 12.1. The molecular weight excluding hydrogens is 993 g/mol. The van der Waals surface area contributed by atoms with E-state index in [9.17, 15) is 0 Å². The van der Waals surface area contributed by atoms with Gasteiger partial charge in [0.05, 0.1) is 44.1 Å². The van der Waals surface area contributed by atoms with Gasteiger partial charge in [0.1, 0.15) is 0 Å². The number of hydrogen-bond donors (Lipinski definition) is 0. The summed E-state index contributed by atoms with van der Waals surface area (Å²) in [5.74, 6) is 0. The van der Waals surface area contributed by atoms with Crippen LogP contribution >= 0.6 is 0 Å². The first-order chi connectivity index (χ1) is 40.7. The Bertz CT molecular complexity index is 5640. The van der Waals surface area contributed by atoms with E-state index >= 15 is 0 Å². The number of rotatable bonds is 6. The number of aromatic nitrogens is 4. The van der Waals surface area contributed by atoms with Crippen LogP contribution in [0.3, 0.4) is 0 Å². The molecule has 0 bridgehead atoms. The van der Waals surface area contributed by atoms with E-state index in [2.05, 4.69) is 309 Å². The van der Waals surface area contributed by atoms with Crippen LogP contribution in [0.5, 0.6) is 0 Å². The van der Waals surface area contributed by atoms with Gasteiger partial charge in [0.15, 0.2) is 0 Å². The van der Waals surface area contributed by atoms with Crippen LogP contribution in [0.15, 0.2) is 291 Å². The minimum absolute atomic E-state index is 1.12. The summed E-state index contributed by atoms with van der Waals surface area (Å²) in [7, 11) is 0. The van der Waals surface area contributed by atoms with Gasteiger partial charge in [-0.25, -0.2) is 0 Å². The van der Waals surface area contributed by atoms with Gasteiger partial charge in [-0.3, -0.25) is 0 Å². The Morgan fingerprint density at radius 2 is 0.463 bits per heavy atom. The summed E-state index contributed by atoms with van der Waals surface area (Å²) >= 11 is 0. The monoisotopic (exact) mass is 1040 g/mol. The molecule has 0 aliphatic carbocycles. The lowest BCUT2D eigenvalue weighted by Crippen LogP contribution is -1.98. The van der Waals surface area contributed by atoms with Crippen LogP contribution < -0.4 is 0 Å². The van der Waals surface area contributed by atoms with Crippen molar-refractivity contribution in [3.63, 3.8) is 0 Å². The second-order valence-corrected chi connectivity index (χ2v) is 22.0. The van der Waals surface area contributed by atoms with Gasteiger partial charge in [-0.05, 0) is 158 Å². The summed E-state index contributed by atoms with van der Waals surface area (Å²) < 4.78 is 9.89. The number of nitrogens with zero attached hydrogens (tertiary/aromatic N) is 4. The molecule has 0 N–H and O–H groups in total. The zero-order valence-electron chi connectivity index (χ0n) is 44.5. The van der Waals surface area contributed by atoms with Crippen molar-refractivity contribution in [2.24, 2.45) is 0 Å². The summed E-state index contributed by atoms with van der Waals surface area (Å²) in [6.45, 7) is 0. The average molecular weight is 1040 g/mol. The molecule has 4 aromatic heterocycles. The largest absolute Gasteiger partial charge is 0.309 e. The summed E-state index contributed by atoms with van der Waals surface area (Å²) in [6.07, 6.45) is 0. The molecule has 0 aliphatic heterocycles. The Morgan fingerprint density at radius 1 is 0.146 bits per heavy atom. The summed E-state index contributed by atoms with van der Waals surface area (Å²) in [5, 5.41) is 17.4. The SMILES string of the molecule is c1ccc(-n2c3ccccc3c3cc4c(cc32)c2cc(-c3ccc5c(c3)c3ccc6c7ccccc7n(-c7ccccc7)c6c3n5-c3ccccc3)ccc2n4-c2cccc(-c3ccc4c5ccccc5c5ccccc5c4c3)c2)cc1. The van der Waals surface area contributed by atoms with E-state index in [4.69, 9.17) is 0 Å². The number of fused-ring (bicyclic) bond motifs is 19. The molecular formula is C78H48N4. The molecule has 0 aliphatic rings. The van der Waals surface area contributed by atoms with E-state index in [1.54, 1.807) is 0 Å². The Morgan fingerprint density at radius 3 is 1.02 bits per heavy atom. The van der Waals surface area contributed by atoms with Crippen molar-refractivity contribution < 1.29 is 0 Å². The highest BCUT2D eigenvalue weighted by Gasteiger charge is 2.24. The van der Waals surface area contributed by atoms with Crippen LogP contribution in [-0.4, -0.2) is 18.3 Å². The van der Waals surface area contributed by atoms with E-state index in [1.165, 1.54) is 136 Å². The average Bonchev–Trinajstić information content (AvgIpc) is 3.65. The fraction of sp³-hybridized carbons (Fsp3) is 0. The molecule has 0 saturated carbocycles. The lowest BCUT2D eigenvalue weighted by Gasteiger charge is -2.13. The van der Waals surface area contributed by atoms with Crippen molar-refractivity contribution in [1.29, 1.82) is 0 Å². The molecule has 0 saturated heterocycles. The molecule has 0 fully saturated rings. The summed E-state index contributed by atoms with van der Waals surface area (Å²) in [6, 6.07) is 108. The maximum absolute atomic E-state index is 2.50. The van der Waals surface area contributed by atoms with E-state index in [0.717, 1.165) is 28.3 Å². The third-order valence-electron chi connectivity index (χ3n) is 17.7. The Hall–Kier alpha value is -10.9. The standard InChI is InChI=1S/C78H48N4/c1-4-20-53(21-5-1)79-71-33-16-15-32-63(71)69-47-76-70(48-75(69)79)68-46-52(36-41-73(68)80(76)56-26-18-19-49(43-56)50-35-38-61-59-29-11-10-27-57(59)58-28-12-13-30-60(58)66(61)44-50)51-37-42-74-67(45-51)65-40-39-64-62-31-14-17-34-72(62)81(54-22-6-2-7-23-54)77(64)78(65)82(74)55-24-8-3-9-25-55/h1-48H. The molecule has 82 heavy (non-hydrogen) atoms. The highest BCUT2D eigenvalue weighted by atomic mass is 15.0. The Balaban J connectivity index is 0.877. The minimum atomic E-state index is 1.12. The summed E-state index contributed by atoms with van der Waals surface area (Å²) in [5.41, 5.74) is 18.7. The van der Waals surface area contributed by atoms with Crippen molar-refractivity contribution in [2.45, 2.75) is 0 Å². The van der Waals surface area contributed by atoms with Crippen molar-refractivity contribution in [3.05, 3.63) is 291 Å². The predicted molar refractivity (Wildman–Crippen MR) is 347 cm³/mol. The highest BCUT2D eigenvalue weighted by Crippen LogP contribution is 2.46. The maximum atomic E-state index is 2.50. The maximum Gasteiger partial charge on any atom is 0.0788 e. The van der Waals surface area contributed by atoms with E-state index in [0.29, 0.717) is 0 Å². The lowest BCUT2D eigenvalue weighted by atomic mass is 9.92. The number of para-hydroxylation sites is 5. The second-order valence-electron chi connectivity index (χ2n) is 22.0. The van der Waals surface area contributed by atoms with Crippen molar-refractivity contribution in [1.82, 2.24) is 18.3 Å². The first-order valence-electron chi connectivity index (χ1n) is 28.3. The molecule has 0 spiro atoms. The van der Waals surface area contributed by atoms with Gasteiger partial charge >= 0.3 is 0 Å². The van der Waals surface area contributed by atoms with Crippen LogP contribution in [0, 0.1) is 0 Å². The van der Waals surface area contributed by atoms with Crippen molar-refractivity contribution >= 4 is 120 Å². The number of hydrogen-bond acceptors (Lipinski definition) is 0. The molecule has 4 heterocycles. The van der Waals surface area contributed by atoms with E-state index < -0.39 is 0 Å². The van der Waals surface area contributed by atoms with Crippen LogP contribution in [0.1, 0.15) is 0 Å². The van der Waals surface area contributed by atoms with Crippen LogP contribution in [0.2, 0.25) is 0 Å². The molecule has 4 heteroatoms. The zero-order chi connectivity index (χ0) is 53.6. The smallest absolute Gasteiger partial charge is 0.0788 e. The molecule has 0 amide bonds. The van der Waals surface area contributed by atoms with E-state index in [-0.39, 0.29) is 0 Å². The van der Waals surface area contributed by atoms with Crippen LogP contribution in [-0.2, 0) is 0 Å². The van der Waals surface area contributed by atoms with Crippen molar-refractivity contribution in [2.75, 3.05) is 0 Å². The molecule has 380 valence electrons. The van der Waals surface area contributed by atoms with Gasteiger partial charge in [0.25, 0.3) is 0 Å². The summed E-state index contributed by atoms with van der Waals surface area (Å²) in [4.78, 5) is 0. The molecule has 18 rings (SSSR count). The van der Waals surface area contributed by atoms with Crippen LogP contribution in [0.4, 0.5) is 0 Å². The molecule has 0 radical (unpaired) electrons. The third kappa shape index (κ3) is 6.43. The third-order valence-corrected chi connectivity index (χ3v) is 17.7. The van der Waals surface area contributed by atoms with E-state index in [1.807, 2.05) is 0 Å².